The van der Waals surface area contributed by atoms with Crippen molar-refractivity contribution in [2.45, 2.75) is 19.4 Å². The molecule has 4 heteroatoms. The third kappa shape index (κ3) is 3.37. The van der Waals surface area contributed by atoms with Crippen LogP contribution in [0.15, 0.2) is 18.2 Å². The highest BCUT2D eigenvalue weighted by molar-refractivity contribution is 5.42. The molecule has 1 aliphatic rings. The molecule has 1 aliphatic heterocycles. The van der Waals surface area contributed by atoms with Gasteiger partial charge in [-0.05, 0) is 31.0 Å². The predicted octanol–water partition coefficient (Wildman–Crippen LogP) is 1.45. The van der Waals surface area contributed by atoms with Crippen LogP contribution in [0.2, 0.25) is 0 Å². The highest BCUT2D eigenvalue weighted by Gasteiger charge is 2.19. The van der Waals surface area contributed by atoms with E-state index in [0.717, 1.165) is 43.1 Å². The van der Waals surface area contributed by atoms with Crippen molar-refractivity contribution in [2.75, 3.05) is 33.4 Å². The molecule has 1 unspecified atom stereocenters. The summed E-state index contributed by atoms with van der Waals surface area (Å²) in [5.74, 6) is 1.55. The van der Waals surface area contributed by atoms with E-state index < -0.39 is 0 Å². The summed E-state index contributed by atoms with van der Waals surface area (Å²) in [5.41, 5.74) is 1.15. The number of likely N-dealkylation sites (tertiary alicyclic amines) is 1. The molecule has 0 aromatic heterocycles. The summed E-state index contributed by atoms with van der Waals surface area (Å²) in [6, 6.07) is 5.92. The monoisotopic (exact) mass is 251 g/mol. The Morgan fingerprint density at radius 1 is 1.39 bits per heavy atom. The van der Waals surface area contributed by atoms with Gasteiger partial charge < -0.3 is 14.6 Å². The van der Waals surface area contributed by atoms with Gasteiger partial charge >= 0.3 is 0 Å². The van der Waals surface area contributed by atoms with Crippen molar-refractivity contribution in [1.82, 2.24) is 4.90 Å². The minimum atomic E-state index is -0.168. The minimum Gasteiger partial charge on any atom is -0.493 e. The molecule has 1 fully saturated rings. The van der Waals surface area contributed by atoms with Crippen LogP contribution in [0.25, 0.3) is 0 Å². The first-order chi connectivity index (χ1) is 8.69. The van der Waals surface area contributed by atoms with Crippen LogP contribution in [0.5, 0.6) is 11.5 Å². The summed E-state index contributed by atoms with van der Waals surface area (Å²) >= 11 is 0. The molecule has 1 heterocycles. The van der Waals surface area contributed by atoms with Crippen LogP contribution in [0, 0.1) is 6.92 Å². The van der Waals surface area contributed by atoms with E-state index in [1.54, 1.807) is 7.11 Å². The number of rotatable bonds is 5. The van der Waals surface area contributed by atoms with Gasteiger partial charge in [-0.15, -0.1) is 0 Å². The number of aliphatic hydroxyl groups is 1. The Hall–Kier alpha value is -1.26. The lowest BCUT2D eigenvalue weighted by Gasteiger charge is -2.16. The fourth-order valence-electron chi connectivity index (χ4n) is 2.19. The Labute approximate surface area is 108 Å². The van der Waals surface area contributed by atoms with Crippen LogP contribution in [0.4, 0.5) is 0 Å². The third-order valence-corrected chi connectivity index (χ3v) is 3.23. The van der Waals surface area contributed by atoms with Gasteiger partial charge in [0.1, 0.15) is 6.61 Å². The maximum atomic E-state index is 9.43. The molecule has 1 N–H and O–H groups in total. The van der Waals surface area contributed by atoms with Crippen molar-refractivity contribution in [3.05, 3.63) is 23.8 Å². The molecule has 0 bridgehead atoms. The summed E-state index contributed by atoms with van der Waals surface area (Å²) in [7, 11) is 1.65. The van der Waals surface area contributed by atoms with Gasteiger partial charge in [0.05, 0.1) is 13.2 Å². The second kappa shape index (κ2) is 6.07. The molecule has 18 heavy (non-hydrogen) atoms. The van der Waals surface area contributed by atoms with E-state index in [1.807, 2.05) is 25.1 Å². The quantitative estimate of drug-likeness (QED) is 0.860. The topological polar surface area (TPSA) is 41.9 Å². The van der Waals surface area contributed by atoms with E-state index in [1.165, 1.54) is 0 Å². The maximum Gasteiger partial charge on any atom is 0.161 e. The smallest absolute Gasteiger partial charge is 0.161 e. The normalized spacial score (nSPS) is 20.1. The molecule has 1 aromatic rings. The van der Waals surface area contributed by atoms with Crippen molar-refractivity contribution < 1.29 is 14.6 Å². The van der Waals surface area contributed by atoms with Crippen LogP contribution in [0.1, 0.15) is 12.0 Å². The van der Waals surface area contributed by atoms with Crippen LogP contribution >= 0.6 is 0 Å². The van der Waals surface area contributed by atoms with Crippen molar-refractivity contribution in [3.8, 4) is 11.5 Å². The summed E-state index contributed by atoms with van der Waals surface area (Å²) in [4.78, 5) is 2.21. The molecule has 1 saturated heterocycles. The Kier molecular flexibility index (Phi) is 4.44. The van der Waals surface area contributed by atoms with E-state index in [9.17, 15) is 5.11 Å². The lowest BCUT2D eigenvalue weighted by Crippen LogP contribution is -2.27. The zero-order valence-electron chi connectivity index (χ0n) is 11.1. The molecule has 4 nitrogen and oxygen atoms in total. The number of aliphatic hydroxyl groups excluding tert-OH is 1. The van der Waals surface area contributed by atoms with Gasteiger partial charge in [-0.2, -0.15) is 0 Å². The maximum absolute atomic E-state index is 9.43. The number of hydrogen-bond acceptors (Lipinski definition) is 4. The van der Waals surface area contributed by atoms with Crippen LogP contribution < -0.4 is 9.47 Å². The molecule has 1 aromatic carbocycles. The predicted molar refractivity (Wildman–Crippen MR) is 70.3 cm³/mol. The van der Waals surface area contributed by atoms with Gasteiger partial charge in [-0.1, -0.05) is 6.07 Å². The van der Waals surface area contributed by atoms with Crippen LogP contribution in [-0.2, 0) is 0 Å². The second-order valence-electron chi connectivity index (χ2n) is 4.75. The number of ether oxygens (including phenoxy) is 2. The first-order valence-electron chi connectivity index (χ1n) is 6.37. The number of methoxy groups -OCH3 is 1. The number of β-amino-alcohol motifs (C(OH)–C–C–N with tert-alkyl or cyclic N) is 1. The van der Waals surface area contributed by atoms with Gasteiger partial charge in [-0.3, -0.25) is 4.90 Å². The third-order valence-electron chi connectivity index (χ3n) is 3.23. The molecule has 0 amide bonds. The zero-order chi connectivity index (χ0) is 13.0. The lowest BCUT2D eigenvalue weighted by atomic mass is 10.2. The fourth-order valence-corrected chi connectivity index (χ4v) is 2.19. The largest absolute Gasteiger partial charge is 0.493 e. The molecule has 0 aliphatic carbocycles. The summed E-state index contributed by atoms with van der Waals surface area (Å²) in [6.45, 7) is 5.20. The fraction of sp³-hybridized carbons (Fsp3) is 0.571. The first-order valence-corrected chi connectivity index (χ1v) is 6.37. The van der Waals surface area contributed by atoms with Gasteiger partial charge in [0.15, 0.2) is 11.5 Å². The van der Waals surface area contributed by atoms with Gasteiger partial charge in [0, 0.05) is 19.6 Å². The molecule has 0 saturated carbocycles. The number of hydrogen-bond donors (Lipinski definition) is 1. The first kappa shape index (κ1) is 13.2. The highest BCUT2D eigenvalue weighted by Crippen LogP contribution is 2.27. The summed E-state index contributed by atoms with van der Waals surface area (Å²) in [5, 5.41) is 9.43. The Bertz CT molecular complexity index is 395. The van der Waals surface area contributed by atoms with E-state index >= 15 is 0 Å². The van der Waals surface area contributed by atoms with Gasteiger partial charge in [-0.25, -0.2) is 0 Å². The van der Waals surface area contributed by atoms with Crippen molar-refractivity contribution in [2.24, 2.45) is 0 Å². The lowest BCUT2D eigenvalue weighted by molar-refractivity contribution is 0.166. The van der Waals surface area contributed by atoms with E-state index in [0.29, 0.717) is 6.61 Å². The highest BCUT2D eigenvalue weighted by atomic mass is 16.5. The molecule has 100 valence electrons. The Balaban J connectivity index is 1.83. The number of nitrogens with zero attached hydrogens (tertiary/aromatic N) is 1. The van der Waals surface area contributed by atoms with Gasteiger partial charge in [0.2, 0.25) is 0 Å². The summed E-state index contributed by atoms with van der Waals surface area (Å²) < 4.78 is 11.0. The van der Waals surface area contributed by atoms with E-state index in [-0.39, 0.29) is 6.10 Å². The average molecular weight is 251 g/mol. The van der Waals surface area contributed by atoms with Crippen molar-refractivity contribution >= 4 is 0 Å². The van der Waals surface area contributed by atoms with E-state index in [2.05, 4.69) is 4.90 Å². The molecule has 2 rings (SSSR count). The van der Waals surface area contributed by atoms with Crippen molar-refractivity contribution in [3.63, 3.8) is 0 Å². The number of aryl methyl sites for hydroxylation is 1. The molecule has 1 atom stereocenters. The molecule has 0 radical (unpaired) electrons. The average Bonchev–Trinajstić information content (AvgIpc) is 2.77. The Morgan fingerprint density at radius 3 is 2.89 bits per heavy atom. The standard InChI is InChI=1S/C14H21NO3/c1-11-3-4-13(14(9-11)17-2)18-8-7-15-6-5-12(16)10-15/h3-4,9,12,16H,5-8,10H2,1-2H3. The number of benzene rings is 1. The van der Waals surface area contributed by atoms with Gasteiger partial charge in [0.25, 0.3) is 0 Å². The zero-order valence-corrected chi connectivity index (χ0v) is 11.1. The SMILES string of the molecule is COc1cc(C)ccc1OCCN1CCC(O)C1. The van der Waals surface area contributed by atoms with Crippen LogP contribution in [-0.4, -0.2) is 49.5 Å². The Morgan fingerprint density at radius 2 is 2.22 bits per heavy atom. The molecule has 0 spiro atoms. The van der Waals surface area contributed by atoms with Crippen LogP contribution in [0.3, 0.4) is 0 Å². The van der Waals surface area contributed by atoms with E-state index in [4.69, 9.17) is 9.47 Å². The second-order valence-corrected chi connectivity index (χ2v) is 4.75. The molecular formula is C14H21NO3. The van der Waals surface area contributed by atoms with Crippen molar-refractivity contribution in [1.29, 1.82) is 0 Å². The minimum absolute atomic E-state index is 0.168. The molecular weight excluding hydrogens is 230 g/mol. The summed E-state index contributed by atoms with van der Waals surface area (Å²) in [6.07, 6.45) is 0.701.